The number of benzene rings is 1. The van der Waals surface area contributed by atoms with E-state index in [4.69, 9.17) is 4.74 Å². The number of nitrogens with zero attached hydrogens (tertiary/aromatic N) is 1. The van der Waals surface area contributed by atoms with Crippen LogP contribution in [0.3, 0.4) is 0 Å². The lowest BCUT2D eigenvalue weighted by Crippen LogP contribution is -2.41. The van der Waals surface area contributed by atoms with Gasteiger partial charge in [-0.3, -0.25) is 0 Å². The van der Waals surface area contributed by atoms with Crippen molar-refractivity contribution >= 4 is 6.09 Å². The van der Waals surface area contributed by atoms with Crippen LogP contribution in [0.15, 0.2) is 24.3 Å². The summed E-state index contributed by atoms with van der Waals surface area (Å²) in [6.07, 6.45) is 2.68. The minimum Gasteiger partial charge on any atom is -0.444 e. The molecule has 1 aromatic rings. The Morgan fingerprint density at radius 2 is 2.21 bits per heavy atom. The number of carbonyl (C=O) groups is 1. The Balaban J connectivity index is 1.81. The lowest BCUT2D eigenvalue weighted by Gasteiger charge is -2.29. The summed E-state index contributed by atoms with van der Waals surface area (Å²) in [5.74, 6) is -0.215. The average molecular weight is 336 g/mol. The maximum absolute atomic E-state index is 13.3. The lowest BCUT2D eigenvalue weighted by molar-refractivity contribution is 0.0220. The zero-order valence-electron chi connectivity index (χ0n) is 15.1. The molecular formula is C19H29FN2O2. The van der Waals surface area contributed by atoms with Crippen LogP contribution in [0.2, 0.25) is 0 Å². The summed E-state index contributed by atoms with van der Waals surface area (Å²) in [5, 5.41) is 3.42. The number of halogens is 1. The first-order valence-corrected chi connectivity index (χ1v) is 8.75. The predicted molar refractivity (Wildman–Crippen MR) is 93.4 cm³/mol. The third-order valence-electron chi connectivity index (χ3n) is 4.28. The number of likely N-dealkylation sites (tertiary alicyclic amines) is 1. The second kappa shape index (κ2) is 7.97. The molecule has 1 saturated heterocycles. The smallest absolute Gasteiger partial charge is 0.410 e. The quantitative estimate of drug-likeness (QED) is 0.873. The Labute approximate surface area is 144 Å². The molecule has 1 heterocycles. The van der Waals surface area contributed by atoms with Gasteiger partial charge in [-0.25, -0.2) is 9.18 Å². The van der Waals surface area contributed by atoms with Crippen LogP contribution >= 0.6 is 0 Å². The maximum atomic E-state index is 13.3. The molecule has 1 aliphatic heterocycles. The Hall–Kier alpha value is -1.62. The molecule has 0 aliphatic carbocycles. The Morgan fingerprint density at radius 3 is 2.88 bits per heavy atom. The van der Waals surface area contributed by atoms with Crippen molar-refractivity contribution in [2.45, 2.75) is 64.6 Å². The van der Waals surface area contributed by atoms with Crippen molar-refractivity contribution in [3.05, 3.63) is 35.6 Å². The van der Waals surface area contributed by atoms with Crippen molar-refractivity contribution < 1.29 is 13.9 Å². The highest BCUT2D eigenvalue weighted by atomic mass is 19.1. The number of hydrogen-bond acceptors (Lipinski definition) is 3. The van der Waals surface area contributed by atoms with Gasteiger partial charge < -0.3 is 15.0 Å². The fourth-order valence-electron chi connectivity index (χ4n) is 3.06. The van der Waals surface area contributed by atoms with E-state index in [0.29, 0.717) is 0 Å². The van der Waals surface area contributed by atoms with Crippen LogP contribution in [0.4, 0.5) is 9.18 Å². The average Bonchev–Trinajstić information content (AvgIpc) is 2.94. The van der Waals surface area contributed by atoms with Crippen molar-refractivity contribution in [2.75, 3.05) is 13.1 Å². The van der Waals surface area contributed by atoms with Crippen LogP contribution < -0.4 is 5.32 Å². The summed E-state index contributed by atoms with van der Waals surface area (Å²) in [6.45, 7) is 9.23. The molecule has 24 heavy (non-hydrogen) atoms. The largest absolute Gasteiger partial charge is 0.444 e. The van der Waals surface area contributed by atoms with E-state index >= 15 is 0 Å². The predicted octanol–water partition coefficient (Wildman–Crippen LogP) is 4.27. The van der Waals surface area contributed by atoms with Gasteiger partial charge >= 0.3 is 6.09 Å². The normalized spacial score (nSPS) is 19.4. The molecule has 1 amide bonds. The van der Waals surface area contributed by atoms with E-state index in [1.54, 1.807) is 12.1 Å². The zero-order valence-corrected chi connectivity index (χ0v) is 15.1. The van der Waals surface area contributed by atoms with Crippen LogP contribution in [-0.2, 0) is 4.74 Å². The van der Waals surface area contributed by atoms with E-state index in [9.17, 15) is 9.18 Å². The standard InChI is InChI=1S/C19H29FN2O2/c1-14(15-7-5-8-16(20)13-15)21-11-10-17-9-6-12-22(17)18(23)24-19(2,3)4/h5,7-8,13-14,17,21H,6,9-12H2,1-4H3. The second-order valence-corrected chi connectivity index (χ2v) is 7.49. The highest BCUT2D eigenvalue weighted by molar-refractivity contribution is 5.68. The van der Waals surface area contributed by atoms with Crippen molar-refractivity contribution in [1.82, 2.24) is 10.2 Å². The molecule has 5 heteroatoms. The number of hydrogen-bond donors (Lipinski definition) is 1. The molecule has 2 rings (SSSR count). The minimum absolute atomic E-state index is 0.0806. The van der Waals surface area contributed by atoms with Crippen molar-refractivity contribution in [1.29, 1.82) is 0 Å². The second-order valence-electron chi connectivity index (χ2n) is 7.49. The molecule has 1 aliphatic rings. The van der Waals surface area contributed by atoms with Crippen LogP contribution in [0.1, 0.15) is 58.6 Å². The van der Waals surface area contributed by atoms with E-state index < -0.39 is 5.60 Å². The van der Waals surface area contributed by atoms with Gasteiger partial charge in [-0.2, -0.15) is 0 Å². The van der Waals surface area contributed by atoms with E-state index in [2.05, 4.69) is 5.32 Å². The molecule has 1 N–H and O–H groups in total. The molecule has 0 spiro atoms. The van der Waals surface area contributed by atoms with Crippen molar-refractivity contribution in [2.24, 2.45) is 0 Å². The van der Waals surface area contributed by atoms with E-state index in [-0.39, 0.29) is 24.0 Å². The SMILES string of the molecule is CC(NCCC1CCCN1C(=O)OC(C)(C)C)c1cccc(F)c1. The molecule has 0 aromatic heterocycles. The molecule has 2 unspecified atom stereocenters. The monoisotopic (exact) mass is 336 g/mol. The molecule has 0 bridgehead atoms. The van der Waals surface area contributed by atoms with Gasteiger partial charge in [-0.15, -0.1) is 0 Å². The first-order valence-electron chi connectivity index (χ1n) is 8.75. The summed E-state index contributed by atoms with van der Waals surface area (Å²) in [5.41, 5.74) is 0.472. The summed E-state index contributed by atoms with van der Waals surface area (Å²) in [7, 11) is 0. The number of nitrogens with one attached hydrogen (secondary N) is 1. The van der Waals surface area contributed by atoms with Gasteiger partial charge in [0.2, 0.25) is 0 Å². The van der Waals surface area contributed by atoms with Gasteiger partial charge in [0.05, 0.1) is 0 Å². The fraction of sp³-hybridized carbons (Fsp3) is 0.632. The number of rotatable bonds is 5. The Bertz CT molecular complexity index is 557. The molecule has 2 atom stereocenters. The topological polar surface area (TPSA) is 41.6 Å². The van der Waals surface area contributed by atoms with E-state index in [1.807, 2.05) is 38.7 Å². The van der Waals surface area contributed by atoms with Crippen molar-refractivity contribution in [3.8, 4) is 0 Å². The molecule has 4 nitrogen and oxygen atoms in total. The molecule has 1 fully saturated rings. The number of amides is 1. The van der Waals surface area contributed by atoms with Crippen molar-refractivity contribution in [3.63, 3.8) is 0 Å². The number of ether oxygens (including phenoxy) is 1. The molecule has 0 radical (unpaired) electrons. The van der Waals surface area contributed by atoms with E-state index in [1.165, 1.54) is 6.07 Å². The van der Waals surface area contributed by atoms with Gasteiger partial charge in [-0.05, 0) is 71.2 Å². The van der Waals surface area contributed by atoms with Crippen LogP contribution in [0, 0.1) is 5.82 Å². The highest BCUT2D eigenvalue weighted by Crippen LogP contribution is 2.23. The first-order chi connectivity index (χ1) is 11.3. The first kappa shape index (κ1) is 18.7. The number of carbonyl (C=O) groups excluding carboxylic acids is 1. The van der Waals surface area contributed by atoms with Crippen LogP contribution in [0.5, 0.6) is 0 Å². The van der Waals surface area contributed by atoms with Gasteiger partial charge in [0, 0.05) is 18.6 Å². The molecule has 1 aromatic carbocycles. The van der Waals surface area contributed by atoms with E-state index in [0.717, 1.165) is 37.9 Å². The molecule has 134 valence electrons. The molecular weight excluding hydrogens is 307 g/mol. The summed E-state index contributed by atoms with van der Waals surface area (Å²) < 4.78 is 18.8. The lowest BCUT2D eigenvalue weighted by atomic mass is 10.1. The third-order valence-corrected chi connectivity index (χ3v) is 4.28. The van der Waals surface area contributed by atoms with Gasteiger partial charge in [0.25, 0.3) is 0 Å². The fourth-order valence-corrected chi connectivity index (χ4v) is 3.06. The maximum Gasteiger partial charge on any atom is 0.410 e. The van der Waals surface area contributed by atoms with Gasteiger partial charge in [-0.1, -0.05) is 12.1 Å². The van der Waals surface area contributed by atoms with Crippen LogP contribution in [0.25, 0.3) is 0 Å². The zero-order chi connectivity index (χ0) is 17.7. The third kappa shape index (κ3) is 5.48. The summed E-state index contributed by atoms with van der Waals surface area (Å²) >= 11 is 0. The van der Waals surface area contributed by atoms with Gasteiger partial charge in [0.1, 0.15) is 11.4 Å². The summed E-state index contributed by atoms with van der Waals surface area (Å²) in [4.78, 5) is 14.1. The molecule has 0 saturated carbocycles. The van der Waals surface area contributed by atoms with Gasteiger partial charge in [0.15, 0.2) is 0 Å². The summed E-state index contributed by atoms with van der Waals surface area (Å²) in [6, 6.07) is 6.95. The highest BCUT2D eigenvalue weighted by Gasteiger charge is 2.31. The Morgan fingerprint density at radius 1 is 1.46 bits per heavy atom. The minimum atomic E-state index is -0.464. The Kier molecular flexibility index (Phi) is 6.21. The van der Waals surface area contributed by atoms with Crippen LogP contribution in [-0.4, -0.2) is 35.7 Å².